The van der Waals surface area contributed by atoms with E-state index in [1.807, 2.05) is 0 Å². The normalized spacial score (nSPS) is 21.6. The zero-order valence-electron chi connectivity index (χ0n) is 15.7. The predicted octanol–water partition coefficient (Wildman–Crippen LogP) is 3.59. The van der Waals surface area contributed by atoms with Gasteiger partial charge in [-0.05, 0) is 12.8 Å². The Kier molecular flexibility index (Phi) is 5.70. The number of alkyl halides is 6. The fourth-order valence-electron chi connectivity index (χ4n) is 3.73. The van der Waals surface area contributed by atoms with Gasteiger partial charge >= 0.3 is 12.4 Å². The highest BCUT2D eigenvalue weighted by Crippen LogP contribution is 2.41. The Morgan fingerprint density at radius 3 is 2.20 bits per heavy atom. The smallest absolute Gasteiger partial charge is 0.385 e. The van der Waals surface area contributed by atoms with E-state index in [4.69, 9.17) is 11.1 Å². The zero-order chi connectivity index (χ0) is 22.3. The first-order valence-corrected chi connectivity index (χ1v) is 9.12. The van der Waals surface area contributed by atoms with Crippen LogP contribution in [-0.2, 0) is 6.18 Å². The summed E-state index contributed by atoms with van der Waals surface area (Å²) in [7, 11) is 0. The van der Waals surface area contributed by atoms with E-state index in [1.54, 1.807) is 4.90 Å². The number of allylic oxidation sites excluding steroid dienone is 2. The quantitative estimate of drug-likeness (QED) is 0.500. The molecule has 0 saturated carbocycles. The van der Waals surface area contributed by atoms with E-state index in [9.17, 15) is 26.3 Å². The molecule has 1 unspecified atom stereocenters. The van der Waals surface area contributed by atoms with Crippen LogP contribution in [0.1, 0.15) is 25.1 Å². The highest BCUT2D eigenvalue weighted by molar-refractivity contribution is 6.01. The lowest BCUT2D eigenvalue weighted by molar-refractivity contribution is -0.163. The van der Waals surface area contributed by atoms with Crippen molar-refractivity contribution in [3.05, 3.63) is 41.9 Å². The molecule has 0 aliphatic carbocycles. The summed E-state index contributed by atoms with van der Waals surface area (Å²) in [5.41, 5.74) is 5.88. The highest BCUT2D eigenvalue weighted by atomic mass is 19.4. The number of rotatable bonds is 3. The van der Waals surface area contributed by atoms with Crippen LogP contribution in [-0.4, -0.2) is 34.9 Å². The van der Waals surface area contributed by atoms with E-state index in [0.717, 1.165) is 12.4 Å². The Hall–Kier alpha value is -2.79. The van der Waals surface area contributed by atoms with Gasteiger partial charge in [-0.15, -0.1) is 0 Å². The van der Waals surface area contributed by atoms with E-state index < -0.39 is 30.0 Å². The summed E-state index contributed by atoms with van der Waals surface area (Å²) in [4.78, 5) is 8.38. The Morgan fingerprint density at radius 1 is 1.13 bits per heavy atom. The summed E-state index contributed by atoms with van der Waals surface area (Å²) in [6.45, 7) is 4.19. The second kappa shape index (κ2) is 7.80. The molecule has 3 heterocycles. The maximum atomic E-state index is 13.5. The number of halogens is 6. The number of nitrogens with two attached hydrogens (primary N) is 1. The standard InChI is InChI=1S/C18H20F6N6/c1-9-6-12(17(19,20)21)13(15(26)29-9)14(25)10-2-4-30(5-3-10)11-7-27-16(28-8-11)18(22,23)24/h7-8,10,12,25,29H,1-6,26H2. The minimum Gasteiger partial charge on any atom is -0.385 e. The molecule has 2 aliphatic rings. The Bertz CT molecular complexity index is 849. The van der Waals surface area contributed by atoms with Gasteiger partial charge in [-0.1, -0.05) is 6.58 Å². The number of nitrogens with zero attached hydrogens (tertiary/aromatic N) is 3. The van der Waals surface area contributed by atoms with Crippen LogP contribution in [0.15, 0.2) is 36.1 Å². The molecule has 1 atom stereocenters. The monoisotopic (exact) mass is 434 g/mol. The third-order valence-electron chi connectivity index (χ3n) is 5.25. The second-order valence-electron chi connectivity index (χ2n) is 7.29. The third-order valence-corrected chi connectivity index (χ3v) is 5.25. The average molecular weight is 434 g/mol. The maximum Gasteiger partial charge on any atom is 0.451 e. The van der Waals surface area contributed by atoms with Crippen LogP contribution < -0.4 is 16.0 Å². The van der Waals surface area contributed by atoms with Gasteiger partial charge in [-0.2, -0.15) is 26.3 Å². The van der Waals surface area contributed by atoms with Crippen LogP contribution >= 0.6 is 0 Å². The molecular formula is C18H20F6N6. The molecule has 1 fully saturated rings. The van der Waals surface area contributed by atoms with Gasteiger partial charge in [0.05, 0.1) is 24.0 Å². The summed E-state index contributed by atoms with van der Waals surface area (Å²) < 4.78 is 78.3. The molecule has 2 aliphatic heterocycles. The molecule has 0 aromatic carbocycles. The van der Waals surface area contributed by atoms with Crippen LogP contribution in [0.4, 0.5) is 32.0 Å². The van der Waals surface area contributed by atoms with Crippen molar-refractivity contribution in [1.82, 2.24) is 15.3 Å². The van der Waals surface area contributed by atoms with Crippen molar-refractivity contribution in [3.8, 4) is 0 Å². The molecule has 0 spiro atoms. The molecule has 4 N–H and O–H groups in total. The molecule has 1 aromatic rings. The highest BCUT2D eigenvalue weighted by Gasteiger charge is 2.47. The van der Waals surface area contributed by atoms with Crippen molar-refractivity contribution in [1.29, 1.82) is 5.41 Å². The van der Waals surface area contributed by atoms with Crippen LogP contribution in [0.5, 0.6) is 0 Å². The van der Waals surface area contributed by atoms with Gasteiger partial charge in [0.1, 0.15) is 5.82 Å². The van der Waals surface area contributed by atoms with Crippen LogP contribution in [0.3, 0.4) is 0 Å². The fourth-order valence-corrected chi connectivity index (χ4v) is 3.73. The molecule has 6 nitrogen and oxygen atoms in total. The average Bonchev–Trinajstić information content (AvgIpc) is 2.66. The van der Waals surface area contributed by atoms with Gasteiger partial charge in [0.25, 0.3) is 0 Å². The van der Waals surface area contributed by atoms with Gasteiger partial charge < -0.3 is 21.4 Å². The molecular weight excluding hydrogens is 414 g/mol. The molecule has 0 bridgehead atoms. The van der Waals surface area contributed by atoms with Gasteiger partial charge in [0.2, 0.25) is 5.82 Å². The van der Waals surface area contributed by atoms with E-state index >= 15 is 0 Å². The third kappa shape index (κ3) is 4.51. The fraction of sp³-hybridized carbons (Fsp3) is 0.500. The molecule has 3 rings (SSSR count). The van der Waals surface area contributed by atoms with Crippen molar-refractivity contribution in [2.24, 2.45) is 17.6 Å². The van der Waals surface area contributed by atoms with Crippen LogP contribution in [0.2, 0.25) is 0 Å². The molecule has 1 aromatic heterocycles. The summed E-state index contributed by atoms with van der Waals surface area (Å²) in [5, 5.41) is 11.0. The van der Waals surface area contributed by atoms with Crippen LogP contribution in [0.25, 0.3) is 0 Å². The summed E-state index contributed by atoms with van der Waals surface area (Å²) in [6, 6.07) is 0. The lowest BCUT2D eigenvalue weighted by Crippen LogP contribution is -2.43. The number of nitrogens with one attached hydrogen (secondary N) is 2. The van der Waals surface area contributed by atoms with Gasteiger partial charge in [-0.3, -0.25) is 0 Å². The number of aromatic nitrogens is 2. The van der Waals surface area contributed by atoms with E-state index in [-0.39, 0.29) is 29.2 Å². The van der Waals surface area contributed by atoms with Gasteiger partial charge in [0, 0.05) is 42.4 Å². The Morgan fingerprint density at radius 2 is 1.70 bits per heavy atom. The Balaban J connectivity index is 1.70. The molecule has 1 saturated heterocycles. The molecule has 30 heavy (non-hydrogen) atoms. The molecule has 12 heteroatoms. The van der Waals surface area contributed by atoms with Crippen molar-refractivity contribution in [2.45, 2.75) is 31.6 Å². The number of hydrogen-bond donors (Lipinski definition) is 3. The molecule has 164 valence electrons. The number of piperidine rings is 1. The molecule has 0 radical (unpaired) electrons. The first-order valence-electron chi connectivity index (χ1n) is 9.12. The summed E-state index contributed by atoms with van der Waals surface area (Å²) >= 11 is 0. The van der Waals surface area contributed by atoms with Crippen molar-refractivity contribution in [3.63, 3.8) is 0 Å². The van der Waals surface area contributed by atoms with Crippen LogP contribution in [0, 0.1) is 17.2 Å². The van der Waals surface area contributed by atoms with Gasteiger partial charge in [-0.25, -0.2) is 9.97 Å². The largest absolute Gasteiger partial charge is 0.451 e. The summed E-state index contributed by atoms with van der Waals surface area (Å²) in [5.74, 6) is -3.80. The maximum absolute atomic E-state index is 13.5. The predicted molar refractivity (Wildman–Crippen MR) is 97.3 cm³/mol. The lowest BCUT2D eigenvalue weighted by Gasteiger charge is -2.37. The SMILES string of the molecule is C=C1CC(C(F)(F)F)C(C(=N)C2CCN(c3cnc(C(F)(F)F)nc3)CC2)=C(N)N1. The minimum atomic E-state index is -4.64. The first kappa shape index (κ1) is 21.9. The minimum absolute atomic E-state index is 0.142. The van der Waals surface area contributed by atoms with E-state index in [0.29, 0.717) is 31.6 Å². The van der Waals surface area contributed by atoms with Gasteiger partial charge in [0.15, 0.2) is 0 Å². The van der Waals surface area contributed by atoms with E-state index in [1.165, 1.54) is 0 Å². The molecule has 0 amide bonds. The number of anilines is 1. The zero-order valence-corrected chi connectivity index (χ0v) is 15.7. The topological polar surface area (TPSA) is 90.9 Å². The second-order valence-corrected chi connectivity index (χ2v) is 7.29. The van der Waals surface area contributed by atoms with Crippen molar-refractivity contribution in [2.75, 3.05) is 18.0 Å². The summed E-state index contributed by atoms with van der Waals surface area (Å²) in [6.07, 6.45) is -6.75. The lowest BCUT2D eigenvalue weighted by atomic mass is 9.80. The Labute approximate surface area is 168 Å². The van der Waals surface area contributed by atoms with E-state index in [2.05, 4.69) is 21.9 Å². The number of hydrogen-bond acceptors (Lipinski definition) is 6. The first-order chi connectivity index (χ1) is 13.9. The van der Waals surface area contributed by atoms with Crippen molar-refractivity contribution >= 4 is 11.4 Å². The van der Waals surface area contributed by atoms with Crippen molar-refractivity contribution < 1.29 is 26.3 Å².